The number of phenols is 4. The zero-order valence-electron chi connectivity index (χ0n) is 23.6. The third-order valence-corrected chi connectivity index (χ3v) is 7.41. The van der Waals surface area contributed by atoms with Crippen molar-refractivity contribution in [2.75, 3.05) is 28.4 Å². The van der Waals surface area contributed by atoms with Gasteiger partial charge in [0.2, 0.25) is 0 Å². The summed E-state index contributed by atoms with van der Waals surface area (Å²) in [5.74, 6) is 1.55. The number of aromatic hydroxyl groups is 4. The average Bonchev–Trinajstić information content (AvgIpc) is 2.99. The first-order chi connectivity index (χ1) is 19.8. The molecule has 4 aromatic rings. The molecule has 41 heavy (non-hydrogen) atoms. The molecule has 8 nitrogen and oxygen atoms in total. The van der Waals surface area contributed by atoms with Gasteiger partial charge in [-0.05, 0) is 83.6 Å². The van der Waals surface area contributed by atoms with Crippen LogP contribution in [0.25, 0.3) is 0 Å². The Bertz CT molecular complexity index is 1260. The molecule has 0 aliphatic heterocycles. The highest BCUT2D eigenvalue weighted by Gasteiger charge is 2.22. The second kappa shape index (κ2) is 13.1. The molecule has 0 saturated carbocycles. The van der Waals surface area contributed by atoms with Crippen molar-refractivity contribution in [2.24, 2.45) is 0 Å². The molecule has 0 saturated heterocycles. The van der Waals surface area contributed by atoms with Gasteiger partial charge in [0.25, 0.3) is 0 Å². The molecule has 4 N–H and O–H groups in total. The van der Waals surface area contributed by atoms with Crippen LogP contribution in [0.15, 0.2) is 72.8 Å². The molecule has 4 aromatic carbocycles. The van der Waals surface area contributed by atoms with E-state index in [1.54, 1.807) is 24.3 Å². The molecule has 0 bridgehead atoms. The summed E-state index contributed by atoms with van der Waals surface area (Å²) in [7, 11) is 6.06. The fraction of sp³-hybridized carbons (Fsp3) is 0.273. The smallest absolute Gasteiger partial charge is 0.160 e. The molecule has 0 unspecified atom stereocenters. The summed E-state index contributed by atoms with van der Waals surface area (Å²) in [5.41, 5.74) is 3.78. The van der Waals surface area contributed by atoms with Crippen LogP contribution in [0, 0.1) is 0 Å². The molecule has 0 heterocycles. The number of methoxy groups -OCH3 is 4. The molecule has 216 valence electrons. The van der Waals surface area contributed by atoms with E-state index in [1.807, 2.05) is 48.5 Å². The minimum Gasteiger partial charge on any atom is -0.504 e. The number of phenolic OH excluding ortho intramolecular Hbond substituents is 4. The van der Waals surface area contributed by atoms with Gasteiger partial charge in [-0.1, -0.05) is 30.7 Å². The maximum atomic E-state index is 10.2. The molecule has 0 aliphatic rings. The Hall–Kier alpha value is -4.72. The summed E-state index contributed by atoms with van der Waals surface area (Å²) in [6, 6.07) is 21.3. The quantitative estimate of drug-likeness (QED) is 0.152. The Morgan fingerprint density at radius 2 is 0.683 bits per heavy atom. The van der Waals surface area contributed by atoms with E-state index in [0.29, 0.717) is 23.0 Å². The Morgan fingerprint density at radius 1 is 0.439 bits per heavy atom. The lowest BCUT2D eigenvalue weighted by Crippen LogP contribution is -2.06. The van der Waals surface area contributed by atoms with E-state index in [2.05, 4.69) is 0 Å². The molecule has 0 spiro atoms. The van der Waals surface area contributed by atoms with Crippen molar-refractivity contribution >= 4 is 0 Å². The topological polar surface area (TPSA) is 118 Å². The predicted molar refractivity (Wildman–Crippen MR) is 156 cm³/mol. The van der Waals surface area contributed by atoms with Crippen LogP contribution in [0.2, 0.25) is 0 Å². The van der Waals surface area contributed by atoms with Crippen LogP contribution in [0.3, 0.4) is 0 Å². The highest BCUT2D eigenvalue weighted by atomic mass is 16.5. The van der Waals surface area contributed by atoms with Gasteiger partial charge < -0.3 is 39.4 Å². The SMILES string of the molecule is COc1cc(C(CCCC(c2ccc(O)c(OC)c2)c2ccc(O)c(OC)c2)c2ccc(O)c(OC)c2)ccc1O. The molecular formula is C33H36O8. The molecule has 0 fully saturated rings. The highest BCUT2D eigenvalue weighted by molar-refractivity contribution is 5.50. The highest BCUT2D eigenvalue weighted by Crippen LogP contribution is 2.42. The summed E-state index contributed by atoms with van der Waals surface area (Å²) in [5, 5.41) is 40.8. The zero-order valence-corrected chi connectivity index (χ0v) is 23.6. The van der Waals surface area contributed by atoms with Crippen molar-refractivity contribution in [3.63, 3.8) is 0 Å². The van der Waals surface area contributed by atoms with Crippen molar-refractivity contribution in [1.29, 1.82) is 0 Å². The molecule has 0 aliphatic carbocycles. The van der Waals surface area contributed by atoms with Crippen molar-refractivity contribution in [3.05, 3.63) is 95.1 Å². The maximum absolute atomic E-state index is 10.2. The van der Waals surface area contributed by atoms with Crippen LogP contribution in [0.1, 0.15) is 53.4 Å². The predicted octanol–water partition coefficient (Wildman–Crippen LogP) is 6.68. The zero-order chi connectivity index (χ0) is 29.5. The minimum absolute atomic E-state index is 0.0564. The van der Waals surface area contributed by atoms with Crippen LogP contribution in [0.4, 0.5) is 0 Å². The molecular weight excluding hydrogens is 524 g/mol. The average molecular weight is 561 g/mol. The van der Waals surface area contributed by atoms with Crippen LogP contribution in [0.5, 0.6) is 46.0 Å². The number of rotatable bonds is 12. The first-order valence-corrected chi connectivity index (χ1v) is 13.3. The molecule has 0 aromatic heterocycles. The third kappa shape index (κ3) is 6.54. The van der Waals surface area contributed by atoms with Gasteiger partial charge in [0.05, 0.1) is 28.4 Å². The lowest BCUT2D eigenvalue weighted by molar-refractivity contribution is 0.371. The van der Waals surface area contributed by atoms with Crippen LogP contribution >= 0.6 is 0 Å². The molecule has 0 atom stereocenters. The third-order valence-electron chi connectivity index (χ3n) is 7.41. The van der Waals surface area contributed by atoms with Gasteiger partial charge in [-0.3, -0.25) is 0 Å². The summed E-state index contributed by atoms with van der Waals surface area (Å²) >= 11 is 0. The molecule has 8 heteroatoms. The van der Waals surface area contributed by atoms with Crippen molar-refractivity contribution in [1.82, 2.24) is 0 Å². The number of hydrogen-bond acceptors (Lipinski definition) is 8. The van der Waals surface area contributed by atoms with Gasteiger partial charge in [0.15, 0.2) is 46.0 Å². The van der Waals surface area contributed by atoms with Crippen molar-refractivity contribution in [2.45, 2.75) is 31.1 Å². The lowest BCUT2D eigenvalue weighted by Gasteiger charge is -2.23. The second-order valence-corrected chi connectivity index (χ2v) is 9.76. The van der Waals surface area contributed by atoms with Gasteiger partial charge in [0.1, 0.15) is 0 Å². The largest absolute Gasteiger partial charge is 0.504 e. The van der Waals surface area contributed by atoms with Crippen LogP contribution in [-0.2, 0) is 0 Å². The standard InChI is InChI=1S/C33H36O8/c1-38-30-16-20(8-12-26(30)34)24(21-9-13-27(35)31(17-21)39-2)6-5-7-25(22-10-14-28(36)32(18-22)40-3)23-11-15-29(37)33(19-23)41-4/h8-19,24-25,34-37H,5-7H2,1-4H3. The Labute approximate surface area is 240 Å². The summed E-state index contributed by atoms with van der Waals surface area (Å²) in [6.45, 7) is 0. The lowest BCUT2D eigenvalue weighted by atomic mass is 9.82. The first kappa shape index (κ1) is 29.3. The number of benzene rings is 4. The Morgan fingerprint density at radius 3 is 0.902 bits per heavy atom. The van der Waals surface area contributed by atoms with E-state index >= 15 is 0 Å². The van der Waals surface area contributed by atoms with Gasteiger partial charge in [-0.15, -0.1) is 0 Å². The van der Waals surface area contributed by atoms with Crippen molar-refractivity contribution in [3.8, 4) is 46.0 Å². The second-order valence-electron chi connectivity index (χ2n) is 9.76. The summed E-state index contributed by atoms with van der Waals surface area (Å²) in [4.78, 5) is 0. The van der Waals surface area contributed by atoms with Crippen LogP contribution < -0.4 is 18.9 Å². The molecule has 0 radical (unpaired) electrons. The first-order valence-electron chi connectivity index (χ1n) is 13.3. The number of ether oxygens (including phenoxy) is 4. The molecule has 0 amide bonds. The fourth-order valence-corrected chi connectivity index (χ4v) is 5.22. The molecule has 4 rings (SSSR count). The van der Waals surface area contributed by atoms with Crippen molar-refractivity contribution < 1.29 is 39.4 Å². The van der Waals surface area contributed by atoms with E-state index in [-0.39, 0.29) is 34.8 Å². The van der Waals surface area contributed by atoms with Gasteiger partial charge in [-0.2, -0.15) is 0 Å². The summed E-state index contributed by atoms with van der Waals surface area (Å²) < 4.78 is 21.5. The fourth-order valence-electron chi connectivity index (χ4n) is 5.22. The van der Waals surface area contributed by atoms with E-state index in [9.17, 15) is 20.4 Å². The van der Waals surface area contributed by atoms with Crippen LogP contribution in [-0.4, -0.2) is 48.9 Å². The Kier molecular flexibility index (Phi) is 9.34. The minimum atomic E-state index is -0.0941. The van der Waals surface area contributed by atoms with E-state index in [4.69, 9.17) is 18.9 Å². The van der Waals surface area contributed by atoms with Gasteiger partial charge in [-0.25, -0.2) is 0 Å². The maximum Gasteiger partial charge on any atom is 0.160 e. The van der Waals surface area contributed by atoms with Gasteiger partial charge in [0, 0.05) is 11.8 Å². The normalized spacial score (nSPS) is 11.1. The monoisotopic (exact) mass is 560 g/mol. The number of hydrogen-bond donors (Lipinski definition) is 4. The Balaban J connectivity index is 1.70. The van der Waals surface area contributed by atoms with E-state index < -0.39 is 0 Å². The summed E-state index contributed by atoms with van der Waals surface area (Å²) in [6.07, 6.45) is 2.22. The van der Waals surface area contributed by atoms with Gasteiger partial charge >= 0.3 is 0 Å². The van der Waals surface area contributed by atoms with E-state index in [0.717, 1.165) is 41.5 Å². The van der Waals surface area contributed by atoms with E-state index in [1.165, 1.54) is 28.4 Å².